The quantitative estimate of drug-likeness (QED) is 0.469. The molecule has 5 aromatic rings. The lowest BCUT2D eigenvalue weighted by Gasteiger charge is -2.07. The average molecular weight is 377 g/mol. The zero-order valence-corrected chi connectivity index (χ0v) is 15.7. The number of hydrogen-bond donors (Lipinski definition) is 2. The zero-order chi connectivity index (χ0) is 19.6. The van der Waals surface area contributed by atoms with Crippen LogP contribution in [0.5, 0.6) is 0 Å². The van der Waals surface area contributed by atoms with Crippen molar-refractivity contribution in [3.8, 4) is 22.5 Å². The van der Waals surface area contributed by atoms with Crippen LogP contribution in [0.3, 0.4) is 0 Å². The van der Waals surface area contributed by atoms with Crippen molar-refractivity contribution in [1.82, 2.24) is 19.9 Å². The van der Waals surface area contributed by atoms with Crippen LogP contribution in [0.2, 0.25) is 0 Å². The molecule has 3 heterocycles. The fourth-order valence-corrected chi connectivity index (χ4v) is 3.65. The number of anilines is 1. The zero-order valence-electron chi connectivity index (χ0n) is 15.7. The second kappa shape index (κ2) is 7.20. The van der Waals surface area contributed by atoms with E-state index >= 15 is 0 Å². The number of aromatic amines is 1. The monoisotopic (exact) mass is 377 g/mol. The van der Waals surface area contributed by atoms with Crippen LogP contribution < -0.4 is 5.73 Å². The summed E-state index contributed by atoms with van der Waals surface area (Å²) in [4.78, 5) is 16.7. The Morgan fingerprint density at radius 2 is 1.66 bits per heavy atom. The molecule has 0 atom stereocenters. The topological polar surface area (TPSA) is 80.5 Å². The van der Waals surface area contributed by atoms with E-state index in [4.69, 9.17) is 5.73 Å². The molecule has 3 N–H and O–H groups in total. The predicted octanol–water partition coefficient (Wildman–Crippen LogP) is 4.86. The van der Waals surface area contributed by atoms with E-state index in [9.17, 15) is 0 Å². The summed E-state index contributed by atoms with van der Waals surface area (Å²) in [7, 11) is 0. The number of nitrogens with zero attached hydrogens (tertiary/aromatic N) is 3. The van der Waals surface area contributed by atoms with Crippen LogP contribution in [0.15, 0.2) is 85.3 Å². The van der Waals surface area contributed by atoms with Gasteiger partial charge in [-0.05, 0) is 28.8 Å². The first-order chi connectivity index (χ1) is 14.3. The molecular formula is C24H19N5. The molecule has 0 aliphatic rings. The Balaban J connectivity index is 1.74. The highest BCUT2D eigenvalue weighted by atomic mass is 14.9. The molecule has 29 heavy (non-hydrogen) atoms. The van der Waals surface area contributed by atoms with Gasteiger partial charge in [0.2, 0.25) is 0 Å². The number of benzene rings is 2. The summed E-state index contributed by atoms with van der Waals surface area (Å²) in [6, 6.07) is 24.5. The molecule has 0 aliphatic heterocycles. The van der Waals surface area contributed by atoms with Crippen molar-refractivity contribution in [3.63, 3.8) is 0 Å². The van der Waals surface area contributed by atoms with Gasteiger partial charge in [0.05, 0.1) is 11.4 Å². The number of nitrogens with one attached hydrogen (secondary N) is 1. The lowest BCUT2D eigenvalue weighted by Crippen LogP contribution is -1.99. The number of pyridine rings is 1. The summed E-state index contributed by atoms with van der Waals surface area (Å²) in [6.45, 7) is 0. The number of rotatable bonds is 4. The number of hydrogen-bond acceptors (Lipinski definition) is 4. The van der Waals surface area contributed by atoms with Gasteiger partial charge in [-0.15, -0.1) is 0 Å². The summed E-state index contributed by atoms with van der Waals surface area (Å²) in [6.07, 6.45) is 4.05. The van der Waals surface area contributed by atoms with E-state index in [1.807, 2.05) is 42.5 Å². The Morgan fingerprint density at radius 1 is 0.897 bits per heavy atom. The SMILES string of the molecule is Nc1nc2[nH]c(-c3ccccc3)c(-c3ccncn3)c2cc1Cc1ccccc1. The Bertz CT molecular complexity index is 1260. The third kappa shape index (κ3) is 3.23. The van der Waals surface area contributed by atoms with Crippen LogP contribution in [-0.4, -0.2) is 19.9 Å². The molecule has 0 aliphatic carbocycles. The summed E-state index contributed by atoms with van der Waals surface area (Å²) >= 11 is 0. The molecule has 0 unspecified atom stereocenters. The predicted molar refractivity (Wildman–Crippen MR) is 116 cm³/mol. The molecule has 0 amide bonds. The molecule has 0 radical (unpaired) electrons. The largest absolute Gasteiger partial charge is 0.383 e. The van der Waals surface area contributed by atoms with Gasteiger partial charge in [-0.3, -0.25) is 0 Å². The minimum absolute atomic E-state index is 0.538. The molecule has 0 fully saturated rings. The smallest absolute Gasteiger partial charge is 0.140 e. The number of fused-ring (bicyclic) bond motifs is 1. The fourth-order valence-electron chi connectivity index (χ4n) is 3.65. The highest BCUT2D eigenvalue weighted by Crippen LogP contribution is 2.38. The molecule has 0 saturated heterocycles. The van der Waals surface area contributed by atoms with Gasteiger partial charge in [0.1, 0.15) is 17.8 Å². The molecule has 2 aromatic carbocycles. The molecule has 140 valence electrons. The van der Waals surface area contributed by atoms with Crippen molar-refractivity contribution in [3.05, 3.63) is 96.4 Å². The molecule has 0 spiro atoms. The van der Waals surface area contributed by atoms with Crippen LogP contribution in [0.4, 0.5) is 5.82 Å². The Kier molecular flexibility index (Phi) is 4.26. The van der Waals surface area contributed by atoms with E-state index in [0.717, 1.165) is 45.5 Å². The van der Waals surface area contributed by atoms with E-state index in [0.29, 0.717) is 5.82 Å². The summed E-state index contributed by atoms with van der Waals surface area (Å²) < 4.78 is 0. The first-order valence-corrected chi connectivity index (χ1v) is 9.46. The van der Waals surface area contributed by atoms with Gasteiger partial charge in [0.25, 0.3) is 0 Å². The normalized spacial score (nSPS) is 11.0. The second-order valence-corrected chi connectivity index (χ2v) is 6.93. The van der Waals surface area contributed by atoms with E-state index in [1.165, 1.54) is 5.56 Å². The van der Waals surface area contributed by atoms with Gasteiger partial charge in [-0.25, -0.2) is 15.0 Å². The van der Waals surface area contributed by atoms with Crippen LogP contribution in [0, 0.1) is 0 Å². The number of aromatic nitrogens is 4. The third-order valence-electron chi connectivity index (χ3n) is 5.04. The van der Waals surface area contributed by atoms with Gasteiger partial charge in [0.15, 0.2) is 0 Å². The molecule has 3 aromatic heterocycles. The molecular weight excluding hydrogens is 358 g/mol. The number of nitrogens with two attached hydrogens (primary N) is 1. The average Bonchev–Trinajstić information content (AvgIpc) is 3.14. The van der Waals surface area contributed by atoms with Gasteiger partial charge >= 0.3 is 0 Å². The van der Waals surface area contributed by atoms with Crippen molar-refractivity contribution >= 4 is 16.9 Å². The number of H-pyrrole nitrogens is 1. The van der Waals surface area contributed by atoms with E-state index in [-0.39, 0.29) is 0 Å². The molecule has 5 rings (SSSR count). The Labute approximate surface area is 168 Å². The summed E-state index contributed by atoms with van der Waals surface area (Å²) in [5.74, 6) is 0.538. The standard InChI is InChI=1S/C24H19N5/c25-23-18(13-16-7-3-1-4-8-16)14-19-21(20-11-12-26-15-27-20)22(28-24(19)29-23)17-9-5-2-6-10-17/h1-12,14-15H,13H2,(H3,25,28,29). The van der Waals surface area contributed by atoms with Gasteiger partial charge in [-0.1, -0.05) is 60.7 Å². The van der Waals surface area contributed by atoms with E-state index in [1.54, 1.807) is 12.5 Å². The lowest BCUT2D eigenvalue weighted by atomic mass is 10.00. The second-order valence-electron chi connectivity index (χ2n) is 6.93. The first kappa shape index (κ1) is 17.1. The number of nitrogen functional groups attached to an aromatic ring is 1. The summed E-state index contributed by atoms with van der Waals surface area (Å²) in [5.41, 5.74) is 13.2. The Hall–Kier alpha value is -3.99. The van der Waals surface area contributed by atoms with Crippen molar-refractivity contribution in [1.29, 1.82) is 0 Å². The molecule has 0 bridgehead atoms. The maximum Gasteiger partial charge on any atom is 0.140 e. The highest BCUT2D eigenvalue weighted by Gasteiger charge is 2.18. The van der Waals surface area contributed by atoms with Crippen LogP contribution in [0.25, 0.3) is 33.5 Å². The van der Waals surface area contributed by atoms with Crippen LogP contribution in [-0.2, 0) is 6.42 Å². The Morgan fingerprint density at radius 3 is 2.38 bits per heavy atom. The first-order valence-electron chi connectivity index (χ1n) is 9.46. The third-order valence-corrected chi connectivity index (χ3v) is 5.04. The maximum absolute atomic E-state index is 6.31. The minimum atomic E-state index is 0.538. The van der Waals surface area contributed by atoms with Gasteiger partial charge < -0.3 is 10.7 Å². The van der Waals surface area contributed by atoms with Crippen molar-refractivity contribution in [2.75, 3.05) is 5.73 Å². The van der Waals surface area contributed by atoms with Crippen LogP contribution in [0.1, 0.15) is 11.1 Å². The maximum atomic E-state index is 6.31. The van der Waals surface area contributed by atoms with Crippen LogP contribution >= 0.6 is 0 Å². The minimum Gasteiger partial charge on any atom is -0.383 e. The van der Waals surface area contributed by atoms with E-state index < -0.39 is 0 Å². The van der Waals surface area contributed by atoms with Crippen molar-refractivity contribution in [2.24, 2.45) is 0 Å². The van der Waals surface area contributed by atoms with Gasteiger partial charge in [0, 0.05) is 23.6 Å². The van der Waals surface area contributed by atoms with Gasteiger partial charge in [-0.2, -0.15) is 0 Å². The molecule has 5 nitrogen and oxygen atoms in total. The lowest BCUT2D eigenvalue weighted by molar-refractivity contribution is 1.17. The van der Waals surface area contributed by atoms with Crippen molar-refractivity contribution in [2.45, 2.75) is 6.42 Å². The summed E-state index contributed by atoms with van der Waals surface area (Å²) in [5, 5.41) is 1.00. The van der Waals surface area contributed by atoms with E-state index in [2.05, 4.69) is 50.3 Å². The molecule has 0 saturated carbocycles. The van der Waals surface area contributed by atoms with Crippen molar-refractivity contribution < 1.29 is 0 Å². The fraction of sp³-hybridized carbons (Fsp3) is 0.0417. The molecule has 5 heteroatoms. The highest BCUT2D eigenvalue weighted by molar-refractivity contribution is 6.02.